The van der Waals surface area contributed by atoms with Crippen LogP contribution in [-0.4, -0.2) is 45.1 Å². The second-order valence-corrected chi connectivity index (χ2v) is 4.90. The van der Waals surface area contributed by atoms with Gasteiger partial charge in [-0.15, -0.1) is 0 Å². The van der Waals surface area contributed by atoms with E-state index in [1.165, 1.54) is 11.3 Å². The summed E-state index contributed by atoms with van der Waals surface area (Å²) < 4.78 is 4.99. The lowest BCUT2D eigenvalue weighted by Gasteiger charge is -2.20. The molecule has 0 fully saturated rings. The zero-order chi connectivity index (χ0) is 14.1. The van der Waals surface area contributed by atoms with Crippen molar-refractivity contribution in [3.05, 3.63) is 29.8 Å². The van der Waals surface area contributed by atoms with E-state index >= 15 is 0 Å². The molecule has 0 aliphatic rings. The zero-order valence-electron chi connectivity index (χ0n) is 12.2. The predicted molar refractivity (Wildman–Crippen MR) is 79.6 cm³/mol. The third-order valence-electron chi connectivity index (χ3n) is 3.07. The van der Waals surface area contributed by atoms with Crippen LogP contribution >= 0.6 is 0 Å². The number of hydrogen-bond donors (Lipinski definition) is 2. The first-order chi connectivity index (χ1) is 9.13. The highest BCUT2D eigenvalue weighted by molar-refractivity contribution is 5.46. The van der Waals surface area contributed by atoms with E-state index in [0.29, 0.717) is 0 Å². The number of benzene rings is 1. The van der Waals surface area contributed by atoms with E-state index in [4.69, 9.17) is 4.74 Å². The number of nitrogens with zero attached hydrogens (tertiary/aromatic N) is 1. The summed E-state index contributed by atoms with van der Waals surface area (Å²) in [6.07, 6.45) is 0.545. The Bertz CT molecular complexity index is 339. The van der Waals surface area contributed by atoms with Crippen molar-refractivity contribution in [1.82, 2.24) is 5.32 Å². The average Bonchev–Trinajstić information content (AvgIpc) is 2.41. The SMILES string of the molecule is COCCNCc1ccc(N(C)CCC(C)O)cc1. The van der Waals surface area contributed by atoms with Gasteiger partial charge in [-0.1, -0.05) is 12.1 Å². The minimum absolute atomic E-state index is 0.244. The third kappa shape index (κ3) is 6.57. The highest BCUT2D eigenvalue weighted by Crippen LogP contribution is 2.14. The van der Waals surface area contributed by atoms with Crippen molar-refractivity contribution in [3.8, 4) is 0 Å². The van der Waals surface area contributed by atoms with Crippen molar-refractivity contribution >= 4 is 5.69 Å². The fraction of sp³-hybridized carbons (Fsp3) is 0.600. The van der Waals surface area contributed by atoms with Gasteiger partial charge >= 0.3 is 0 Å². The summed E-state index contributed by atoms with van der Waals surface area (Å²) in [6.45, 7) is 5.15. The lowest BCUT2D eigenvalue weighted by atomic mass is 10.2. The molecular formula is C15H26N2O2. The average molecular weight is 266 g/mol. The zero-order valence-corrected chi connectivity index (χ0v) is 12.2. The summed E-state index contributed by atoms with van der Waals surface area (Å²) in [5.74, 6) is 0. The highest BCUT2D eigenvalue weighted by atomic mass is 16.5. The van der Waals surface area contributed by atoms with Crippen molar-refractivity contribution < 1.29 is 9.84 Å². The fourth-order valence-corrected chi connectivity index (χ4v) is 1.78. The molecule has 0 saturated heterocycles. The van der Waals surface area contributed by atoms with Gasteiger partial charge in [-0.3, -0.25) is 0 Å². The largest absolute Gasteiger partial charge is 0.393 e. The van der Waals surface area contributed by atoms with Gasteiger partial charge in [0.1, 0.15) is 0 Å². The predicted octanol–water partition coefficient (Wildman–Crippen LogP) is 1.63. The molecule has 4 heteroatoms. The van der Waals surface area contributed by atoms with Crippen molar-refractivity contribution in [2.45, 2.75) is 26.0 Å². The number of aliphatic hydroxyl groups is 1. The first-order valence-corrected chi connectivity index (χ1v) is 6.81. The molecule has 0 aliphatic carbocycles. The lowest BCUT2D eigenvalue weighted by Crippen LogP contribution is -2.22. The summed E-state index contributed by atoms with van der Waals surface area (Å²) in [6, 6.07) is 8.51. The van der Waals surface area contributed by atoms with Crippen LogP contribution in [0.3, 0.4) is 0 Å². The molecule has 1 rings (SSSR count). The molecule has 0 spiro atoms. The minimum atomic E-state index is -0.244. The third-order valence-corrected chi connectivity index (χ3v) is 3.07. The van der Waals surface area contributed by atoms with E-state index in [-0.39, 0.29) is 6.10 Å². The molecule has 0 bridgehead atoms. The van der Waals surface area contributed by atoms with Crippen LogP contribution < -0.4 is 10.2 Å². The van der Waals surface area contributed by atoms with E-state index in [9.17, 15) is 5.11 Å². The monoisotopic (exact) mass is 266 g/mol. The second-order valence-electron chi connectivity index (χ2n) is 4.90. The maximum absolute atomic E-state index is 9.29. The van der Waals surface area contributed by atoms with Crippen molar-refractivity contribution in [2.75, 3.05) is 38.8 Å². The standard InChI is InChI=1S/C15H26N2O2/c1-13(18)8-10-17(2)15-6-4-14(5-7-15)12-16-9-11-19-3/h4-7,13,16,18H,8-12H2,1-3H3. The summed E-state index contributed by atoms with van der Waals surface area (Å²) >= 11 is 0. The van der Waals surface area contributed by atoms with Gasteiger partial charge in [-0.05, 0) is 31.0 Å². The van der Waals surface area contributed by atoms with E-state index < -0.39 is 0 Å². The maximum atomic E-state index is 9.29. The van der Waals surface area contributed by atoms with Crippen LogP contribution in [0, 0.1) is 0 Å². The quantitative estimate of drug-likeness (QED) is 0.667. The first-order valence-electron chi connectivity index (χ1n) is 6.81. The topological polar surface area (TPSA) is 44.7 Å². The Hall–Kier alpha value is -1.10. The molecule has 108 valence electrons. The Morgan fingerprint density at radius 2 is 2.00 bits per heavy atom. The van der Waals surface area contributed by atoms with Gasteiger partial charge in [0.2, 0.25) is 0 Å². The Labute approximate surface area is 116 Å². The number of rotatable bonds is 9. The normalized spacial score (nSPS) is 12.4. The van der Waals surface area contributed by atoms with Crippen LogP contribution in [0.5, 0.6) is 0 Å². The highest BCUT2D eigenvalue weighted by Gasteiger charge is 2.03. The molecule has 19 heavy (non-hydrogen) atoms. The van der Waals surface area contributed by atoms with Gasteiger partial charge < -0.3 is 20.1 Å². The summed E-state index contributed by atoms with van der Waals surface area (Å²) in [5, 5.41) is 12.6. The van der Waals surface area contributed by atoms with Gasteiger partial charge in [0, 0.05) is 39.5 Å². The van der Waals surface area contributed by atoms with Gasteiger partial charge in [0.25, 0.3) is 0 Å². The van der Waals surface area contributed by atoms with E-state index in [1.54, 1.807) is 7.11 Å². The molecule has 1 atom stereocenters. The van der Waals surface area contributed by atoms with E-state index in [0.717, 1.165) is 32.7 Å². The summed E-state index contributed by atoms with van der Waals surface area (Å²) in [7, 11) is 3.76. The molecule has 0 radical (unpaired) electrons. The van der Waals surface area contributed by atoms with E-state index in [1.807, 2.05) is 14.0 Å². The molecule has 0 saturated carbocycles. The molecule has 4 nitrogen and oxygen atoms in total. The molecular weight excluding hydrogens is 240 g/mol. The van der Waals surface area contributed by atoms with Crippen LogP contribution in [0.2, 0.25) is 0 Å². The summed E-state index contributed by atoms with van der Waals surface area (Å²) in [5.41, 5.74) is 2.45. The van der Waals surface area contributed by atoms with Gasteiger partial charge in [-0.25, -0.2) is 0 Å². The lowest BCUT2D eigenvalue weighted by molar-refractivity contribution is 0.187. The van der Waals surface area contributed by atoms with Crippen LogP contribution in [0.1, 0.15) is 18.9 Å². The Balaban J connectivity index is 2.37. The second kappa shape index (κ2) is 8.91. The number of nitrogens with one attached hydrogen (secondary N) is 1. The van der Waals surface area contributed by atoms with Crippen molar-refractivity contribution in [3.63, 3.8) is 0 Å². The number of ether oxygens (including phenoxy) is 1. The van der Waals surface area contributed by atoms with Crippen LogP contribution in [0.25, 0.3) is 0 Å². The maximum Gasteiger partial charge on any atom is 0.0587 e. The van der Waals surface area contributed by atoms with Crippen LogP contribution in [0.15, 0.2) is 24.3 Å². The molecule has 2 N–H and O–H groups in total. The smallest absolute Gasteiger partial charge is 0.0587 e. The van der Waals surface area contributed by atoms with Gasteiger partial charge in [0.15, 0.2) is 0 Å². The van der Waals surface area contributed by atoms with Gasteiger partial charge in [-0.2, -0.15) is 0 Å². The number of aliphatic hydroxyl groups excluding tert-OH is 1. The van der Waals surface area contributed by atoms with Crippen molar-refractivity contribution in [2.24, 2.45) is 0 Å². The molecule has 1 aromatic carbocycles. The Morgan fingerprint density at radius 3 is 2.58 bits per heavy atom. The molecule has 1 aromatic rings. The molecule has 0 heterocycles. The number of methoxy groups -OCH3 is 1. The first kappa shape index (κ1) is 16.0. The molecule has 0 amide bonds. The Morgan fingerprint density at radius 1 is 1.32 bits per heavy atom. The Kier molecular flexibility index (Phi) is 7.48. The molecule has 0 aromatic heterocycles. The number of hydrogen-bond acceptors (Lipinski definition) is 4. The fourth-order valence-electron chi connectivity index (χ4n) is 1.78. The van der Waals surface area contributed by atoms with Crippen LogP contribution in [0.4, 0.5) is 5.69 Å². The van der Waals surface area contributed by atoms with Gasteiger partial charge in [0.05, 0.1) is 12.7 Å². The molecule has 0 aliphatic heterocycles. The number of anilines is 1. The van der Waals surface area contributed by atoms with Crippen LogP contribution in [-0.2, 0) is 11.3 Å². The molecule has 1 unspecified atom stereocenters. The summed E-state index contributed by atoms with van der Waals surface area (Å²) in [4.78, 5) is 2.16. The minimum Gasteiger partial charge on any atom is -0.393 e. The van der Waals surface area contributed by atoms with E-state index in [2.05, 4.69) is 34.5 Å². The van der Waals surface area contributed by atoms with Crippen molar-refractivity contribution in [1.29, 1.82) is 0 Å².